The van der Waals surface area contributed by atoms with Crippen molar-refractivity contribution >= 4 is 33.5 Å². The molecule has 0 heterocycles. The molecule has 2 rings (SSSR count). The number of esters is 1. The molecule has 29 heavy (non-hydrogen) atoms. The Morgan fingerprint density at radius 3 is 2.41 bits per heavy atom. The summed E-state index contributed by atoms with van der Waals surface area (Å²) >= 11 is 5.75. The Bertz CT molecular complexity index is 963. The number of likely N-dealkylation sites (N-methyl/N-ethyl adjacent to an activating group) is 1. The van der Waals surface area contributed by atoms with Gasteiger partial charge in [0, 0.05) is 24.2 Å². The number of hydrogen-bond donors (Lipinski definition) is 1. The molecular weight excluding hydrogens is 420 g/mol. The Kier molecular flexibility index (Phi) is 8.00. The average Bonchev–Trinajstić information content (AvgIpc) is 2.71. The van der Waals surface area contributed by atoms with Crippen LogP contribution in [0.4, 0.5) is 0 Å². The predicted octanol–water partition coefficient (Wildman–Crippen LogP) is 1.83. The minimum atomic E-state index is -3.88. The molecule has 156 valence electrons. The Morgan fingerprint density at radius 1 is 1.10 bits per heavy atom. The normalized spacial score (nSPS) is 11.2. The minimum Gasteiger partial charge on any atom is -0.496 e. The molecule has 0 unspecified atom stereocenters. The van der Waals surface area contributed by atoms with Gasteiger partial charge in [-0.25, -0.2) is 8.42 Å². The second kappa shape index (κ2) is 10.2. The maximum atomic E-state index is 12.4. The van der Waals surface area contributed by atoms with Crippen molar-refractivity contribution in [1.29, 1.82) is 0 Å². The molecule has 0 aliphatic carbocycles. The molecule has 0 fully saturated rings. The summed E-state index contributed by atoms with van der Waals surface area (Å²) in [6.07, 6.45) is 0. The SMILES string of the molecule is COc1ccccc1CNC(=O)COC(=O)CN(C)S(=O)(=O)c1ccc(Cl)cc1. The lowest BCUT2D eigenvalue weighted by Gasteiger charge is -2.16. The van der Waals surface area contributed by atoms with Crippen molar-refractivity contribution in [2.45, 2.75) is 11.4 Å². The van der Waals surface area contributed by atoms with Gasteiger partial charge in [0.25, 0.3) is 5.91 Å². The zero-order valence-corrected chi connectivity index (χ0v) is 17.5. The fraction of sp³-hybridized carbons (Fsp3) is 0.263. The molecule has 2 aromatic rings. The summed E-state index contributed by atoms with van der Waals surface area (Å²) < 4.78 is 35.7. The van der Waals surface area contributed by atoms with Gasteiger partial charge in [-0.3, -0.25) is 9.59 Å². The first-order chi connectivity index (χ1) is 13.7. The summed E-state index contributed by atoms with van der Waals surface area (Å²) in [4.78, 5) is 23.8. The number of ether oxygens (including phenoxy) is 2. The van der Waals surface area contributed by atoms with Crippen LogP contribution in [0.3, 0.4) is 0 Å². The number of para-hydroxylation sites is 1. The fourth-order valence-electron chi connectivity index (χ4n) is 2.34. The molecule has 10 heteroatoms. The predicted molar refractivity (Wildman–Crippen MR) is 107 cm³/mol. The van der Waals surface area contributed by atoms with Gasteiger partial charge in [0.1, 0.15) is 12.3 Å². The molecule has 0 atom stereocenters. The third-order valence-corrected chi connectivity index (χ3v) is 5.98. The molecule has 0 aliphatic heterocycles. The smallest absolute Gasteiger partial charge is 0.321 e. The number of rotatable bonds is 9. The number of amides is 1. The number of sulfonamides is 1. The number of carbonyl (C=O) groups is 2. The largest absolute Gasteiger partial charge is 0.496 e. The monoisotopic (exact) mass is 440 g/mol. The highest BCUT2D eigenvalue weighted by Gasteiger charge is 2.23. The van der Waals surface area contributed by atoms with E-state index in [-0.39, 0.29) is 11.4 Å². The Balaban J connectivity index is 1.82. The van der Waals surface area contributed by atoms with Crippen LogP contribution < -0.4 is 10.1 Å². The molecule has 1 N–H and O–H groups in total. The first kappa shape index (κ1) is 22.7. The number of benzene rings is 2. The van der Waals surface area contributed by atoms with Gasteiger partial charge < -0.3 is 14.8 Å². The van der Waals surface area contributed by atoms with E-state index in [1.807, 2.05) is 0 Å². The van der Waals surface area contributed by atoms with E-state index in [1.54, 1.807) is 24.3 Å². The number of nitrogens with zero attached hydrogens (tertiary/aromatic N) is 1. The summed E-state index contributed by atoms with van der Waals surface area (Å²) in [6, 6.07) is 12.7. The fourth-order valence-corrected chi connectivity index (χ4v) is 3.58. The molecule has 1 amide bonds. The van der Waals surface area contributed by atoms with Crippen LogP contribution in [-0.2, 0) is 30.9 Å². The molecule has 0 saturated carbocycles. The van der Waals surface area contributed by atoms with Crippen LogP contribution in [0.2, 0.25) is 5.02 Å². The number of carbonyl (C=O) groups excluding carboxylic acids is 2. The number of hydrogen-bond acceptors (Lipinski definition) is 6. The van der Waals surface area contributed by atoms with Gasteiger partial charge in [0.2, 0.25) is 10.0 Å². The first-order valence-electron chi connectivity index (χ1n) is 8.50. The summed E-state index contributed by atoms with van der Waals surface area (Å²) in [5.74, 6) is -0.747. The van der Waals surface area contributed by atoms with E-state index in [1.165, 1.54) is 38.4 Å². The highest BCUT2D eigenvalue weighted by atomic mass is 35.5. The quantitative estimate of drug-likeness (QED) is 0.597. The van der Waals surface area contributed by atoms with Crippen LogP contribution in [0, 0.1) is 0 Å². The Morgan fingerprint density at radius 2 is 1.76 bits per heavy atom. The van der Waals surface area contributed by atoms with E-state index < -0.39 is 35.1 Å². The van der Waals surface area contributed by atoms with Crippen LogP contribution in [0.5, 0.6) is 5.75 Å². The van der Waals surface area contributed by atoms with Crippen molar-refractivity contribution < 1.29 is 27.5 Å². The van der Waals surface area contributed by atoms with Crippen molar-refractivity contribution in [3.05, 3.63) is 59.1 Å². The second-order valence-corrected chi connectivity index (χ2v) is 8.45. The molecular formula is C19H21ClN2O6S. The van der Waals surface area contributed by atoms with E-state index in [9.17, 15) is 18.0 Å². The van der Waals surface area contributed by atoms with Crippen LogP contribution in [0.1, 0.15) is 5.56 Å². The van der Waals surface area contributed by atoms with E-state index in [0.717, 1.165) is 9.87 Å². The van der Waals surface area contributed by atoms with Gasteiger partial charge in [0.05, 0.1) is 12.0 Å². The van der Waals surface area contributed by atoms with Gasteiger partial charge in [-0.2, -0.15) is 4.31 Å². The van der Waals surface area contributed by atoms with Crippen molar-refractivity contribution in [1.82, 2.24) is 9.62 Å². The van der Waals surface area contributed by atoms with Gasteiger partial charge in [-0.05, 0) is 30.3 Å². The lowest BCUT2D eigenvalue weighted by molar-refractivity contribution is -0.148. The molecule has 0 spiro atoms. The van der Waals surface area contributed by atoms with Crippen molar-refractivity contribution in [3.8, 4) is 5.75 Å². The molecule has 0 bridgehead atoms. The van der Waals surface area contributed by atoms with E-state index in [0.29, 0.717) is 10.8 Å². The lowest BCUT2D eigenvalue weighted by atomic mass is 10.2. The molecule has 0 radical (unpaired) electrons. The highest BCUT2D eigenvalue weighted by Crippen LogP contribution is 2.18. The van der Waals surface area contributed by atoms with Crippen LogP contribution in [-0.4, -0.2) is 51.9 Å². The van der Waals surface area contributed by atoms with Crippen molar-refractivity contribution in [2.24, 2.45) is 0 Å². The van der Waals surface area contributed by atoms with Gasteiger partial charge in [-0.15, -0.1) is 0 Å². The average molecular weight is 441 g/mol. The van der Waals surface area contributed by atoms with Crippen LogP contribution in [0.15, 0.2) is 53.4 Å². The summed E-state index contributed by atoms with van der Waals surface area (Å²) in [5, 5.41) is 3.00. The van der Waals surface area contributed by atoms with Crippen molar-refractivity contribution in [3.63, 3.8) is 0 Å². The number of methoxy groups -OCH3 is 1. The summed E-state index contributed by atoms with van der Waals surface area (Å²) in [6.45, 7) is -0.862. The van der Waals surface area contributed by atoms with E-state index >= 15 is 0 Å². The van der Waals surface area contributed by atoms with Gasteiger partial charge >= 0.3 is 5.97 Å². The zero-order chi connectivity index (χ0) is 21.4. The van der Waals surface area contributed by atoms with E-state index in [2.05, 4.69) is 5.32 Å². The highest BCUT2D eigenvalue weighted by molar-refractivity contribution is 7.89. The topological polar surface area (TPSA) is 102 Å². The molecule has 8 nitrogen and oxygen atoms in total. The summed E-state index contributed by atoms with van der Waals surface area (Å²) in [7, 11) is -1.12. The van der Waals surface area contributed by atoms with Gasteiger partial charge in [0.15, 0.2) is 6.61 Å². The lowest BCUT2D eigenvalue weighted by Crippen LogP contribution is -2.35. The maximum absolute atomic E-state index is 12.4. The Hall–Kier alpha value is -2.62. The van der Waals surface area contributed by atoms with E-state index in [4.69, 9.17) is 21.1 Å². The Labute approximate surface area is 174 Å². The van der Waals surface area contributed by atoms with Crippen LogP contribution >= 0.6 is 11.6 Å². The summed E-state index contributed by atoms with van der Waals surface area (Å²) in [5.41, 5.74) is 0.767. The number of halogens is 1. The van der Waals surface area contributed by atoms with Crippen molar-refractivity contribution in [2.75, 3.05) is 27.3 Å². The molecule has 0 aliphatic rings. The first-order valence-corrected chi connectivity index (χ1v) is 10.3. The molecule has 2 aromatic carbocycles. The number of nitrogens with one attached hydrogen (secondary N) is 1. The molecule has 0 aromatic heterocycles. The minimum absolute atomic E-state index is 0.00764. The van der Waals surface area contributed by atoms with Crippen LogP contribution in [0.25, 0.3) is 0 Å². The zero-order valence-electron chi connectivity index (χ0n) is 15.9. The maximum Gasteiger partial charge on any atom is 0.321 e. The third-order valence-electron chi connectivity index (χ3n) is 3.91. The standard InChI is InChI=1S/C19H21ClN2O6S/c1-22(29(25,26)16-9-7-15(20)8-10-16)12-19(24)28-13-18(23)21-11-14-5-3-4-6-17(14)27-2/h3-10H,11-13H2,1-2H3,(H,21,23). The third kappa shape index (κ3) is 6.45. The molecule has 0 saturated heterocycles. The van der Waals surface area contributed by atoms with Gasteiger partial charge in [-0.1, -0.05) is 29.8 Å². The second-order valence-electron chi connectivity index (χ2n) is 5.96.